The molecular formula is C14H20N4O2S. The van der Waals surface area contributed by atoms with E-state index in [0.717, 1.165) is 16.8 Å². The second-order valence-electron chi connectivity index (χ2n) is 5.31. The average Bonchev–Trinajstić information content (AvgIpc) is 2.67. The van der Waals surface area contributed by atoms with E-state index in [-0.39, 0.29) is 4.90 Å². The number of aromatic nitrogens is 2. The van der Waals surface area contributed by atoms with Crippen LogP contribution in [0, 0.1) is 34.6 Å². The maximum atomic E-state index is 12.6. The number of nitrogens with one attached hydrogen (secondary N) is 2. The van der Waals surface area contributed by atoms with E-state index in [1.165, 1.54) is 0 Å². The highest BCUT2D eigenvalue weighted by molar-refractivity contribution is 7.92. The molecule has 0 spiro atoms. The van der Waals surface area contributed by atoms with Gasteiger partial charge in [0.1, 0.15) is 0 Å². The summed E-state index contributed by atoms with van der Waals surface area (Å²) in [6.07, 6.45) is 0. The highest BCUT2D eigenvalue weighted by Crippen LogP contribution is 2.29. The Kier molecular flexibility index (Phi) is 3.71. The minimum Gasteiger partial charge on any atom is -0.398 e. The molecule has 0 aliphatic carbocycles. The fourth-order valence-electron chi connectivity index (χ4n) is 2.36. The summed E-state index contributed by atoms with van der Waals surface area (Å²) in [6, 6.07) is 1.78. The maximum absolute atomic E-state index is 12.6. The number of sulfonamides is 1. The molecule has 0 amide bonds. The lowest BCUT2D eigenvalue weighted by Gasteiger charge is -2.15. The molecule has 0 saturated heterocycles. The molecule has 7 heteroatoms. The van der Waals surface area contributed by atoms with Crippen molar-refractivity contribution in [3.05, 3.63) is 34.0 Å². The van der Waals surface area contributed by atoms with Crippen LogP contribution in [0.5, 0.6) is 0 Å². The molecule has 4 N–H and O–H groups in total. The van der Waals surface area contributed by atoms with Crippen LogP contribution >= 0.6 is 0 Å². The Morgan fingerprint density at radius 3 is 2.24 bits per heavy atom. The Labute approximate surface area is 124 Å². The maximum Gasteiger partial charge on any atom is 0.263 e. The van der Waals surface area contributed by atoms with Gasteiger partial charge in [-0.05, 0) is 51.3 Å². The Morgan fingerprint density at radius 2 is 1.71 bits per heavy atom. The van der Waals surface area contributed by atoms with Gasteiger partial charge in [0.25, 0.3) is 10.0 Å². The predicted octanol–water partition coefficient (Wildman–Crippen LogP) is 2.33. The highest BCUT2D eigenvalue weighted by atomic mass is 32.2. The van der Waals surface area contributed by atoms with Gasteiger partial charge in [-0.15, -0.1) is 0 Å². The third kappa shape index (κ3) is 2.61. The number of nitrogen functional groups attached to an aromatic ring is 1. The zero-order chi connectivity index (χ0) is 15.9. The third-order valence-electron chi connectivity index (χ3n) is 3.71. The Morgan fingerprint density at radius 1 is 1.10 bits per heavy atom. The van der Waals surface area contributed by atoms with Crippen LogP contribution in [-0.4, -0.2) is 18.6 Å². The molecule has 0 atom stereocenters. The standard InChI is InChI=1S/C14H20N4O2S/c1-7-6-8(2)13(10(4)12(7)15)21(19,20)18-14-9(3)11(5)16-17-14/h6H,15H2,1-5H3,(H2,16,17,18). The first-order valence-corrected chi connectivity index (χ1v) is 8.04. The quantitative estimate of drug-likeness (QED) is 0.757. The third-order valence-corrected chi connectivity index (χ3v) is 5.34. The number of benzene rings is 1. The number of nitrogens with two attached hydrogens (primary N) is 1. The molecule has 6 nitrogen and oxygen atoms in total. The van der Waals surface area contributed by atoms with E-state index in [9.17, 15) is 8.42 Å². The molecule has 2 rings (SSSR count). The van der Waals surface area contributed by atoms with Gasteiger partial charge < -0.3 is 5.73 Å². The summed E-state index contributed by atoms with van der Waals surface area (Å²) < 4.78 is 27.8. The molecule has 0 saturated carbocycles. The number of hydrogen-bond donors (Lipinski definition) is 3. The van der Waals surface area contributed by atoms with Crippen molar-refractivity contribution < 1.29 is 8.42 Å². The van der Waals surface area contributed by atoms with E-state index in [1.54, 1.807) is 26.8 Å². The van der Waals surface area contributed by atoms with Crippen LogP contribution in [-0.2, 0) is 10.0 Å². The normalized spacial score (nSPS) is 11.7. The fourth-order valence-corrected chi connectivity index (χ4v) is 3.91. The molecule has 2 aromatic rings. The number of rotatable bonds is 3. The van der Waals surface area contributed by atoms with E-state index < -0.39 is 10.0 Å². The topological polar surface area (TPSA) is 101 Å². The van der Waals surface area contributed by atoms with E-state index in [2.05, 4.69) is 14.9 Å². The van der Waals surface area contributed by atoms with Crippen LogP contribution in [0.1, 0.15) is 27.9 Å². The van der Waals surface area contributed by atoms with Crippen molar-refractivity contribution in [2.75, 3.05) is 10.5 Å². The summed E-state index contributed by atoms with van der Waals surface area (Å²) in [5, 5.41) is 6.74. The monoisotopic (exact) mass is 308 g/mol. The summed E-state index contributed by atoms with van der Waals surface area (Å²) in [6.45, 7) is 8.98. The molecule has 0 bridgehead atoms. The first-order chi connectivity index (χ1) is 9.65. The number of nitrogens with zero attached hydrogens (tertiary/aromatic N) is 1. The van der Waals surface area contributed by atoms with Crippen LogP contribution in [0.4, 0.5) is 11.5 Å². The lowest BCUT2D eigenvalue weighted by atomic mass is 10.1. The number of aromatic amines is 1. The minimum atomic E-state index is -3.74. The van der Waals surface area contributed by atoms with Gasteiger partial charge in [-0.25, -0.2) is 8.42 Å². The van der Waals surface area contributed by atoms with E-state index >= 15 is 0 Å². The Balaban J connectivity index is 2.55. The second-order valence-corrected chi connectivity index (χ2v) is 6.93. The first kappa shape index (κ1) is 15.4. The van der Waals surface area contributed by atoms with Crippen LogP contribution in [0.15, 0.2) is 11.0 Å². The van der Waals surface area contributed by atoms with Crippen molar-refractivity contribution in [2.45, 2.75) is 39.5 Å². The van der Waals surface area contributed by atoms with Gasteiger partial charge in [0.15, 0.2) is 5.82 Å². The number of anilines is 2. The van der Waals surface area contributed by atoms with E-state index in [1.807, 2.05) is 13.8 Å². The molecule has 1 aromatic carbocycles. The number of hydrogen-bond acceptors (Lipinski definition) is 4. The smallest absolute Gasteiger partial charge is 0.263 e. The summed E-state index contributed by atoms with van der Waals surface area (Å²) in [4.78, 5) is 0.214. The van der Waals surface area contributed by atoms with E-state index in [0.29, 0.717) is 22.6 Å². The van der Waals surface area contributed by atoms with Crippen LogP contribution < -0.4 is 10.5 Å². The zero-order valence-electron chi connectivity index (χ0n) is 12.8. The lowest BCUT2D eigenvalue weighted by molar-refractivity contribution is 0.599. The molecule has 0 fully saturated rings. The molecule has 0 radical (unpaired) electrons. The van der Waals surface area contributed by atoms with Gasteiger partial charge in [-0.2, -0.15) is 5.10 Å². The SMILES string of the molecule is Cc1cc(C)c(S(=O)(=O)Nc2n[nH]c(C)c2C)c(C)c1N. The summed E-state index contributed by atoms with van der Waals surface area (Å²) in [7, 11) is -3.74. The molecule has 21 heavy (non-hydrogen) atoms. The number of aryl methyl sites for hydroxylation is 3. The molecule has 0 aliphatic rings. The molecule has 0 unspecified atom stereocenters. The van der Waals surface area contributed by atoms with Crippen molar-refractivity contribution in [1.29, 1.82) is 0 Å². The average molecular weight is 308 g/mol. The highest BCUT2D eigenvalue weighted by Gasteiger charge is 2.23. The van der Waals surface area contributed by atoms with Crippen LogP contribution in [0.2, 0.25) is 0 Å². The zero-order valence-corrected chi connectivity index (χ0v) is 13.6. The lowest BCUT2D eigenvalue weighted by Crippen LogP contribution is -2.17. The summed E-state index contributed by atoms with van der Waals surface area (Å²) in [5.41, 5.74) is 10.1. The summed E-state index contributed by atoms with van der Waals surface area (Å²) >= 11 is 0. The van der Waals surface area contributed by atoms with Crippen LogP contribution in [0.25, 0.3) is 0 Å². The molecular weight excluding hydrogens is 288 g/mol. The Hall–Kier alpha value is -2.02. The molecule has 1 aromatic heterocycles. The van der Waals surface area contributed by atoms with Gasteiger partial charge >= 0.3 is 0 Å². The van der Waals surface area contributed by atoms with Gasteiger partial charge in [0.05, 0.1) is 4.90 Å². The molecule has 114 valence electrons. The predicted molar refractivity (Wildman–Crippen MR) is 83.9 cm³/mol. The van der Waals surface area contributed by atoms with Crippen molar-refractivity contribution in [3.63, 3.8) is 0 Å². The Bertz CT molecular complexity index is 807. The molecule has 0 aliphatic heterocycles. The first-order valence-electron chi connectivity index (χ1n) is 6.55. The fraction of sp³-hybridized carbons (Fsp3) is 0.357. The molecule has 1 heterocycles. The second kappa shape index (κ2) is 5.07. The largest absolute Gasteiger partial charge is 0.398 e. The van der Waals surface area contributed by atoms with Crippen molar-refractivity contribution in [1.82, 2.24) is 10.2 Å². The van der Waals surface area contributed by atoms with E-state index in [4.69, 9.17) is 5.73 Å². The van der Waals surface area contributed by atoms with Crippen LogP contribution in [0.3, 0.4) is 0 Å². The van der Waals surface area contributed by atoms with Crippen molar-refractivity contribution >= 4 is 21.5 Å². The minimum absolute atomic E-state index is 0.214. The van der Waals surface area contributed by atoms with Gasteiger partial charge in [0, 0.05) is 16.9 Å². The number of H-pyrrole nitrogens is 1. The van der Waals surface area contributed by atoms with Crippen molar-refractivity contribution in [3.8, 4) is 0 Å². The van der Waals surface area contributed by atoms with Gasteiger partial charge in [-0.3, -0.25) is 9.82 Å². The van der Waals surface area contributed by atoms with Crippen molar-refractivity contribution in [2.24, 2.45) is 0 Å². The van der Waals surface area contributed by atoms with Gasteiger partial charge in [-0.1, -0.05) is 6.07 Å². The summed E-state index contributed by atoms with van der Waals surface area (Å²) in [5.74, 6) is 0.311. The van der Waals surface area contributed by atoms with Gasteiger partial charge in [0.2, 0.25) is 0 Å².